The van der Waals surface area contributed by atoms with Crippen LogP contribution in [-0.4, -0.2) is 26.2 Å². The van der Waals surface area contributed by atoms with Gasteiger partial charge in [-0.1, -0.05) is 0 Å². The molecule has 0 saturated carbocycles. The topological polar surface area (TPSA) is 29.4 Å². The van der Waals surface area contributed by atoms with Crippen molar-refractivity contribution >= 4 is 37.8 Å². The summed E-state index contributed by atoms with van der Waals surface area (Å²) in [6.07, 6.45) is 0. The van der Waals surface area contributed by atoms with Crippen LogP contribution in [0.2, 0.25) is 5.02 Å². The Morgan fingerprint density at radius 2 is 2.00 bits per heavy atom. The first-order valence-corrected chi connectivity index (χ1v) is 4.35. The Morgan fingerprint density at radius 1 is 1.42 bits per heavy atom. The zero-order chi connectivity index (χ0) is 8.97. The minimum absolute atomic E-state index is 0.328. The van der Waals surface area contributed by atoms with Gasteiger partial charge in [-0.05, 0) is 0 Å². The Labute approximate surface area is 82.6 Å². The summed E-state index contributed by atoms with van der Waals surface area (Å²) in [6, 6.07) is 6.52. The number of carbonyl (C=O) groups is 1. The van der Waals surface area contributed by atoms with Crippen LogP contribution in [0.4, 0.5) is 0 Å². The number of benzene rings is 1. The SMILES string of the molecule is O=C(N=C=[Se])c1ccc(Cl)cc1. The van der Waals surface area contributed by atoms with Gasteiger partial charge in [0, 0.05) is 0 Å². The molecule has 0 aliphatic carbocycles. The summed E-state index contributed by atoms with van der Waals surface area (Å²) in [6.45, 7) is 0. The molecule has 0 fully saturated rings. The average Bonchev–Trinajstić information content (AvgIpc) is 2.06. The predicted octanol–water partition coefficient (Wildman–Crippen LogP) is 1.55. The molecule has 2 nitrogen and oxygen atoms in total. The van der Waals surface area contributed by atoms with Crippen molar-refractivity contribution in [1.82, 2.24) is 0 Å². The van der Waals surface area contributed by atoms with E-state index < -0.39 is 0 Å². The molecule has 0 unspecified atom stereocenters. The van der Waals surface area contributed by atoms with Crippen LogP contribution in [0.15, 0.2) is 29.3 Å². The van der Waals surface area contributed by atoms with Crippen molar-refractivity contribution in [3.8, 4) is 0 Å². The molecule has 0 aliphatic rings. The van der Waals surface area contributed by atoms with Gasteiger partial charge in [0.2, 0.25) is 0 Å². The summed E-state index contributed by atoms with van der Waals surface area (Å²) in [7, 11) is 0. The van der Waals surface area contributed by atoms with Crippen molar-refractivity contribution in [3.63, 3.8) is 0 Å². The zero-order valence-electron chi connectivity index (χ0n) is 5.95. The molecule has 4 heteroatoms. The van der Waals surface area contributed by atoms with Crippen molar-refractivity contribution in [2.45, 2.75) is 0 Å². The van der Waals surface area contributed by atoms with Crippen molar-refractivity contribution in [2.24, 2.45) is 4.99 Å². The molecule has 1 rings (SSSR count). The van der Waals surface area contributed by atoms with Gasteiger partial charge < -0.3 is 0 Å². The molecule has 0 saturated heterocycles. The second-order valence-corrected chi connectivity index (χ2v) is 2.83. The summed E-state index contributed by atoms with van der Waals surface area (Å²) in [5, 5.41) is 0.600. The third kappa shape index (κ3) is 2.40. The Balaban J connectivity index is 2.97. The number of amides is 1. The fourth-order valence-electron chi connectivity index (χ4n) is 0.698. The normalized spacial score (nSPS) is 8.75. The van der Waals surface area contributed by atoms with E-state index in [4.69, 9.17) is 11.6 Å². The van der Waals surface area contributed by atoms with Crippen molar-refractivity contribution in [1.29, 1.82) is 0 Å². The van der Waals surface area contributed by atoms with E-state index in [0.717, 1.165) is 0 Å². The number of hydrogen-bond acceptors (Lipinski definition) is 1. The van der Waals surface area contributed by atoms with E-state index in [1.54, 1.807) is 24.3 Å². The van der Waals surface area contributed by atoms with Gasteiger partial charge in [0.25, 0.3) is 0 Å². The molecular weight excluding hydrogens is 241 g/mol. The molecule has 1 amide bonds. The molecule has 0 N–H and O–H groups in total. The fraction of sp³-hybridized carbons (Fsp3) is 0. The van der Waals surface area contributed by atoms with Gasteiger partial charge in [-0.15, -0.1) is 0 Å². The summed E-state index contributed by atoms with van der Waals surface area (Å²) in [5.41, 5.74) is 0.502. The van der Waals surface area contributed by atoms with Crippen molar-refractivity contribution < 1.29 is 4.79 Å². The molecule has 0 heterocycles. The van der Waals surface area contributed by atoms with E-state index in [0.29, 0.717) is 10.6 Å². The van der Waals surface area contributed by atoms with Gasteiger partial charge in [0.1, 0.15) is 0 Å². The number of aliphatic imine (C=N–C) groups is 1. The van der Waals surface area contributed by atoms with E-state index in [9.17, 15) is 4.79 Å². The van der Waals surface area contributed by atoms with Crippen molar-refractivity contribution in [2.75, 3.05) is 0 Å². The zero-order valence-corrected chi connectivity index (χ0v) is 8.42. The van der Waals surface area contributed by atoms with Gasteiger partial charge in [0.15, 0.2) is 0 Å². The number of hydrogen-bond donors (Lipinski definition) is 0. The molecule has 12 heavy (non-hydrogen) atoms. The van der Waals surface area contributed by atoms with Crippen molar-refractivity contribution in [3.05, 3.63) is 34.9 Å². The van der Waals surface area contributed by atoms with E-state index in [1.807, 2.05) is 0 Å². The third-order valence-corrected chi connectivity index (χ3v) is 1.68. The maximum atomic E-state index is 11.1. The van der Waals surface area contributed by atoms with E-state index in [2.05, 4.69) is 25.3 Å². The molecule has 0 atom stereocenters. The Kier molecular flexibility index (Phi) is 3.39. The van der Waals surface area contributed by atoms with Crippen LogP contribution < -0.4 is 0 Å². The number of nitrogens with zero attached hydrogens (tertiary/aromatic N) is 1. The second kappa shape index (κ2) is 4.34. The van der Waals surface area contributed by atoms with Gasteiger partial charge in [0.05, 0.1) is 0 Å². The predicted molar refractivity (Wildman–Crippen MR) is 49.0 cm³/mol. The quantitative estimate of drug-likeness (QED) is 0.544. The summed E-state index contributed by atoms with van der Waals surface area (Å²) in [4.78, 5) is 14.5. The average molecular weight is 245 g/mol. The first-order valence-electron chi connectivity index (χ1n) is 3.12. The van der Waals surface area contributed by atoms with Gasteiger partial charge in [-0.3, -0.25) is 0 Å². The molecule has 1 aromatic rings. The minimum atomic E-state index is -0.328. The number of rotatable bonds is 1. The van der Waals surface area contributed by atoms with E-state index in [-0.39, 0.29) is 5.91 Å². The molecule has 0 bridgehead atoms. The van der Waals surface area contributed by atoms with Gasteiger partial charge in [-0.2, -0.15) is 0 Å². The number of halogens is 1. The van der Waals surface area contributed by atoms with E-state index in [1.165, 1.54) is 0 Å². The Morgan fingerprint density at radius 3 is 2.50 bits per heavy atom. The van der Waals surface area contributed by atoms with Crippen LogP contribution in [0.1, 0.15) is 10.4 Å². The molecule has 0 aromatic heterocycles. The van der Waals surface area contributed by atoms with Crippen LogP contribution in [0.25, 0.3) is 0 Å². The third-order valence-electron chi connectivity index (χ3n) is 1.24. The van der Waals surface area contributed by atoms with Crippen LogP contribution in [-0.2, 0) is 0 Å². The van der Waals surface area contributed by atoms with Crippen LogP contribution >= 0.6 is 11.6 Å². The summed E-state index contributed by atoms with van der Waals surface area (Å²) < 4.78 is 2.30. The molecule has 0 radical (unpaired) electrons. The molecule has 0 spiro atoms. The summed E-state index contributed by atoms with van der Waals surface area (Å²) >= 11 is 8.02. The van der Waals surface area contributed by atoms with Gasteiger partial charge >= 0.3 is 82.4 Å². The van der Waals surface area contributed by atoms with Crippen LogP contribution in [0.3, 0.4) is 0 Å². The monoisotopic (exact) mass is 245 g/mol. The fourth-order valence-corrected chi connectivity index (χ4v) is 0.998. The molecule has 1 aromatic carbocycles. The van der Waals surface area contributed by atoms with Crippen LogP contribution in [0.5, 0.6) is 0 Å². The van der Waals surface area contributed by atoms with Crippen LogP contribution in [0, 0.1) is 0 Å². The Bertz CT molecular complexity index is 341. The number of carbonyl (C=O) groups excluding carboxylic acids is 1. The molecular formula is C8H4ClNOSe. The first-order chi connectivity index (χ1) is 5.74. The Hall–Kier alpha value is -0.721. The van der Waals surface area contributed by atoms with Gasteiger partial charge in [-0.25, -0.2) is 0 Å². The van der Waals surface area contributed by atoms with E-state index >= 15 is 0 Å². The molecule has 60 valence electrons. The maximum absolute atomic E-state index is 11.1. The molecule has 0 aliphatic heterocycles. The first kappa shape index (κ1) is 9.37. The standard InChI is InChI=1S/C8H4ClNOSe/c9-7-3-1-6(2-4-7)8(11)10-5-12/h1-4H. The summed E-state index contributed by atoms with van der Waals surface area (Å²) in [5.74, 6) is -0.328. The second-order valence-electron chi connectivity index (χ2n) is 2.02.